The zero-order valence-electron chi connectivity index (χ0n) is 12.9. The minimum absolute atomic E-state index is 0.0654. The smallest absolute Gasteiger partial charge is 0.410 e. The van der Waals surface area contributed by atoms with Crippen molar-refractivity contribution in [2.75, 3.05) is 32.8 Å². The van der Waals surface area contributed by atoms with E-state index in [1.54, 1.807) is 16.2 Å². The Bertz CT molecular complexity index is 745. The maximum atomic E-state index is 12.3. The summed E-state index contributed by atoms with van der Waals surface area (Å²) in [4.78, 5) is 31.4. The number of cyclic esters (lactones) is 1. The fraction of sp³-hybridized carbons (Fsp3) is 0.467. The molecule has 9 heteroatoms. The third kappa shape index (κ3) is 2.86. The molecule has 0 aromatic carbocycles. The van der Waals surface area contributed by atoms with Gasteiger partial charge in [0.25, 0.3) is 5.89 Å². The van der Waals surface area contributed by atoms with Crippen LogP contribution in [0, 0.1) is 0 Å². The molecule has 2 aromatic heterocycles. The molecule has 0 N–H and O–H groups in total. The van der Waals surface area contributed by atoms with Gasteiger partial charge in [0.1, 0.15) is 13.2 Å². The Morgan fingerprint density at radius 2 is 2.33 bits per heavy atom. The molecule has 2 aliphatic rings. The molecule has 0 spiro atoms. The van der Waals surface area contributed by atoms with Gasteiger partial charge in [0.2, 0.25) is 5.91 Å². The van der Waals surface area contributed by atoms with Crippen LogP contribution in [-0.2, 0) is 9.53 Å². The molecule has 2 aromatic rings. The van der Waals surface area contributed by atoms with Gasteiger partial charge >= 0.3 is 6.09 Å². The van der Waals surface area contributed by atoms with Gasteiger partial charge in [-0.1, -0.05) is 5.16 Å². The maximum Gasteiger partial charge on any atom is 0.410 e. The van der Waals surface area contributed by atoms with Crippen molar-refractivity contribution < 1.29 is 18.8 Å². The van der Waals surface area contributed by atoms with Gasteiger partial charge in [-0.25, -0.2) is 4.79 Å². The van der Waals surface area contributed by atoms with Gasteiger partial charge in [0.15, 0.2) is 5.82 Å². The number of likely N-dealkylation sites (tertiary alicyclic amines) is 1. The highest BCUT2D eigenvalue weighted by molar-refractivity contribution is 7.08. The van der Waals surface area contributed by atoms with Crippen LogP contribution >= 0.6 is 11.3 Å². The van der Waals surface area contributed by atoms with Gasteiger partial charge in [0, 0.05) is 24.4 Å². The Kier molecular flexibility index (Phi) is 3.93. The molecule has 0 aliphatic carbocycles. The summed E-state index contributed by atoms with van der Waals surface area (Å²) in [5, 5.41) is 7.97. The zero-order chi connectivity index (χ0) is 16.5. The first-order valence-corrected chi connectivity index (χ1v) is 8.70. The fourth-order valence-corrected chi connectivity index (χ4v) is 3.56. The number of aromatic nitrogens is 2. The first-order valence-electron chi connectivity index (χ1n) is 7.76. The minimum atomic E-state index is -0.419. The molecule has 8 nitrogen and oxygen atoms in total. The molecule has 0 bridgehead atoms. The van der Waals surface area contributed by atoms with E-state index in [2.05, 4.69) is 10.1 Å². The number of nitrogens with zero attached hydrogens (tertiary/aromatic N) is 4. The summed E-state index contributed by atoms with van der Waals surface area (Å²) >= 11 is 1.57. The topological polar surface area (TPSA) is 88.8 Å². The molecule has 0 radical (unpaired) electrons. The molecule has 4 heterocycles. The number of rotatable bonds is 4. The number of hydrogen-bond donors (Lipinski definition) is 0. The van der Waals surface area contributed by atoms with Crippen molar-refractivity contribution in [2.24, 2.45) is 0 Å². The fourth-order valence-electron chi connectivity index (χ4n) is 2.93. The van der Waals surface area contributed by atoms with Crippen LogP contribution in [-0.4, -0.2) is 64.7 Å². The second-order valence-electron chi connectivity index (χ2n) is 5.83. The predicted octanol–water partition coefficient (Wildman–Crippen LogP) is 1.57. The van der Waals surface area contributed by atoms with Gasteiger partial charge in [-0.05, 0) is 17.9 Å². The highest BCUT2D eigenvalue weighted by Gasteiger charge is 2.33. The molecule has 4 rings (SSSR count). The number of carbonyl (C=O) groups is 2. The van der Waals surface area contributed by atoms with Crippen LogP contribution in [0.4, 0.5) is 4.79 Å². The van der Waals surface area contributed by atoms with Gasteiger partial charge < -0.3 is 14.2 Å². The van der Waals surface area contributed by atoms with E-state index in [1.807, 2.05) is 16.8 Å². The van der Waals surface area contributed by atoms with Gasteiger partial charge in [-0.2, -0.15) is 16.3 Å². The molecule has 0 saturated carbocycles. The predicted molar refractivity (Wildman–Crippen MR) is 84.5 cm³/mol. The van der Waals surface area contributed by atoms with E-state index in [-0.39, 0.29) is 18.4 Å². The lowest BCUT2D eigenvalue weighted by atomic mass is 10.1. The average Bonchev–Trinajstić information content (AvgIpc) is 3.35. The van der Waals surface area contributed by atoms with E-state index in [1.165, 1.54) is 4.90 Å². The molecule has 1 atom stereocenters. The van der Waals surface area contributed by atoms with E-state index in [0.29, 0.717) is 38.0 Å². The van der Waals surface area contributed by atoms with Crippen LogP contribution in [0.2, 0.25) is 0 Å². The van der Waals surface area contributed by atoms with Crippen molar-refractivity contribution in [1.82, 2.24) is 19.9 Å². The molecule has 0 unspecified atom stereocenters. The van der Waals surface area contributed by atoms with Crippen LogP contribution in [0.1, 0.15) is 18.2 Å². The number of amides is 2. The van der Waals surface area contributed by atoms with Crippen molar-refractivity contribution >= 4 is 23.3 Å². The third-order valence-corrected chi connectivity index (χ3v) is 4.97. The maximum absolute atomic E-state index is 12.3. The Labute approximate surface area is 142 Å². The monoisotopic (exact) mass is 348 g/mol. The summed E-state index contributed by atoms with van der Waals surface area (Å²) in [6.07, 6.45) is 0.372. The molecule has 126 valence electrons. The molecule has 24 heavy (non-hydrogen) atoms. The summed E-state index contributed by atoms with van der Waals surface area (Å²) in [5.74, 6) is 1.14. The lowest BCUT2D eigenvalue weighted by Gasteiger charge is -2.19. The van der Waals surface area contributed by atoms with Gasteiger partial charge in [0.05, 0.1) is 12.1 Å². The van der Waals surface area contributed by atoms with E-state index in [9.17, 15) is 9.59 Å². The number of ether oxygens (including phenoxy) is 1. The van der Waals surface area contributed by atoms with Crippen LogP contribution in [0.15, 0.2) is 21.3 Å². The van der Waals surface area contributed by atoms with Crippen molar-refractivity contribution in [2.45, 2.75) is 12.3 Å². The summed E-state index contributed by atoms with van der Waals surface area (Å²) in [6.45, 7) is 2.07. The van der Waals surface area contributed by atoms with Crippen LogP contribution in [0.25, 0.3) is 11.5 Å². The minimum Gasteiger partial charge on any atom is -0.448 e. The summed E-state index contributed by atoms with van der Waals surface area (Å²) < 4.78 is 10.2. The van der Waals surface area contributed by atoms with E-state index >= 15 is 0 Å². The quantitative estimate of drug-likeness (QED) is 0.833. The summed E-state index contributed by atoms with van der Waals surface area (Å²) in [6, 6.07) is 1.93. The third-order valence-electron chi connectivity index (χ3n) is 4.29. The Morgan fingerprint density at radius 1 is 1.42 bits per heavy atom. The van der Waals surface area contributed by atoms with E-state index in [0.717, 1.165) is 12.0 Å². The molecule has 2 amide bonds. The Balaban J connectivity index is 1.38. The van der Waals surface area contributed by atoms with E-state index in [4.69, 9.17) is 9.26 Å². The highest BCUT2D eigenvalue weighted by Crippen LogP contribution is 2.28. The summed E-state index contributed by atoms with van der Waals surface area (Å²) in [5.41, 5.74) is 0.914. The van der Waals surface area contributed by atoms with Crippen molar-refractivity contribution in [1.29, 1.82) is 0 Å². The molecule has 2 saturated heterocycles. The van der Waals surface area contributed by atoms with Gasteiger partial charge in [-0.3, -0.25) is 9.69 Å². The average molecular weight is 348 g/mol. The molecular formula is C15H16N4O4S. The lowest BCUT2D eigenvalue weighted by Crippen LogP contribution is -2.39. The van der Waals surface area contributed by atoms with Crippen LogP contribution in [0.3, 0.4) is 0 Å². The molecular weight excluding hydrogens is 332 g/mol. The van der Waals surface area contributed by atoms with Crippen molar-refractivity contribution in [3.63, 3.8) is 0 Å². The number of thiophene rings is 1. The molecule has 2 aliphatic heterocycles. The van der Waals surface area contributed by atoms with Crippen LogP contribution in [0.5, 0.6) is 0 Å². The normalized spacial score (nSPS) is 20.7. The highest BCUT2D eigenvalue weighted by atomic mass is 32.1. The first kappa shape index (κ1) is 15.1. The van der Waals surface area contributed by atoms with Crippen molar-refractivity contribution in [3.05, 3.63) is 22.7 Å². The summed E-state index contributed by atoms with van der Waals surface area (Å²) in [7, 11) is 0. The number of hydrogen-bond acceptors (Lipinski definition) is 7. The first-order chi connectivity index (χ1) is 11.7. The largest absolute Gasteiger partial charge is 0.448 e. The number of carbonyl (C=O) groups excluding carboxylic acids is 2. The SMILES string of the molecule is O=C(CN1CCOC1=O)N1CC[C@@H](c2noc(-c3ccsc3)n2)C1. The van der Waals surface area contributed by atoms with Gasteiger partial charge in [-0.15, -0.1) is 0 Å². The van der Waals surface area contributed by atoms with E-state index < -0.39 is 6.09 Å². The van der Waals surface area contributed by atoms with Crippen molar-refractivity contribution in [3.8, 4) is 11.5 Å². The second kappa shape index (κ2) is 6.23. The molecule has 2 fully saturated rings. The Morgan fingerprint density at radius 3 is 3.08 bits per heavy atom. The lowest BCUT2D eigenvalue weighted by molar-refractivity contribution is -0.130. The second-order valence-corrected chi connectivity index (χ2v) is 6.61. The zero-order valence-corrected chi connectivity index (χ0v) is 13.7. The Hall–Kier alpha value is -2.42. The van der Waals surface area contributed by atoms with Crippen LogP contribution < -0.4 is 0 Å². The standard InChI is InChI=1S/C15H16N4O4S/c20-12(8-19-4-5-22-15(19)21)18-3-1-10(7-18)13-16-14(23-17-13)11-2-6-24-9-11/h2,6,9-10H,1,3-5,7-8H2/t10-/m1/s1.